The van der Waals surface area contributed by atoms with Crippen LogP contribution in [0.3, 0.4) is 0 Å². The number of thiophene rings is 1. The third-order valence-corrected chi connectivity index (χ3v) is 5.22. The highest BCUT2D eigenvalue weighted by atomic mass is 32.1. The fourth-order valence-electron chi connectivity index (χ4n) is 1.63. The minimum Gasteiger partial charge on any atom is -0.354 e. The van der Waals surface area contributed by atoms with Crippen LogP contribution in [0.15, 0.2) is 28.4 Å². The van der Waals surface area contributed by atoms with Gasteiger partial charge in [-0.3, -0.25) is 4.79 Å². The highest BCUT2D eigenvalue weighted by molar-refractivity contribution is 7.14. The predicted octanol–water partition coefficient (Wildman–Crippen LogP) is 3.86. The Morgan fingerprint density at radius 1 is 1.33 bits per heavy atom. The Labute approximate surface area is 133 Å². The van der Waals surface area contributed by atoms with Gasteiger partial charge < -0.3 is 5.32 Å². The zero-order chi connectivity index (χ0) is 14.7. The fourth-order valence-corrected chi connectivity index (χ4v) is 3.90. The summed E-state index contributed by atoms with van der Waals surface area (Å²) in [5, 5.41) is 10.5. The number of nitrogens with one attached hydrogen (secondary N) is 1. The van der Waals surface area contributed by atoms with Gasteiger partial charge in [-0.25, -0.2) is 9.97 Å². The monoisotopic (exact) mass is 333 g/mol. The van der Waals surface area contributed by atoms with Gasteiger partial charge in [0.15, 0.2) is 0 Å². The summed E-state index contributed by atoms with van der Waals surface area (Å²) in [6.07, 6.45) is 5.38. The first-order valence-corrected chi connectivity index (χ1v) is 8.74. The van der Waals surface area contributed by atoms with E-state index in [0.717, 1.165) is 21.3 Å². The van der Waals surface area contributed by atoms with Gasteiger partial charge in [-0.15, -0.1) is 22.7 Å². The second-order valence-electron chi connectivity index (χ2n) is 4.06. The van der Waals surface area contributed by atoms with Crippen LogP contribution < -0.4 is 5.32 Å². The first-order valence-electron chi connectivity index (χ1n) is 6.10. The second kappa shape index (κ2) is 6.30. The van der Waals surface area contributed by atoms with E-state index in [-0.39, 0.29) is 5.91 Å². The highest BCUT2D eigenvalue weighted by Gasteiger charge is 2.07. The second-order valence-corrected chi connectivity index (χ2v) is 6.77. The van der Waals surface area contributed by atoms with Crippen molar-refractivity contribution in [3.63, 3.8) is 0 Å². The lowest BCUT2D eigenvalue weighted by atomic mass is 10.3. The molecule has 0 aliphatic rings. The third-order valence-electron chi connectivity index (χ3n) is 2.66. The molecule has 0 saturated heterocycles. The zero-order valence-corrected chi connectivity index (χ0v) is 13.5. The Bertz CT molecular complexity index is 771. The number of hydrogen-bond donors (Lipinski definition) is 1. The van der Waals surface area contributed by atoms with Gasteiger partial charge in [0.25, 0.3) is 5.91 Å². The molecular weight excluding hydrogens is 322 g/mol. The molecule has 0 radical (unpaired) electrons. The van der Waals surface area contributed by atoms with Crippen LogP contribution in [0.4, 0.5) is 0 Å². The number of thiazole rings is 2. The Morgan fingerprint density at radius 2 is 2.24 bits per heavy atom. The summed E-state index contributed by atoms with van der Waals surface area (Å²) in [6, 6.07) is 2.06. The third kappa shape index (κ3) is 3.26. The van der Waals surface area contributed by atoms with E-state index in [2.05, 4.69) is 26.7 Å². The van der Waals surface area contributed by atoms with Gasteiger partial charge in [-0.2, -0.15) is 11.3 Å². The highest BCUT2D eigenvalue weighted by Crippen LogP contribution is 2.26. The van der Waals surface area contributed by atoms with E-state index in [1.807, 2.05) is 22.9 Å². The molecule has 106 valence electrons. The van der Waals surface area contributed by atoms with Crippen LogP contribution in [-0.4, -0.2) is 22.9 Å². The van der Waals surface area contributed by atoms with Crippen molar-refractivity contribution in [3.8, 4) is 10.6 Å². The molecule has 0 bridgehead atoms. The van der Waals surface area contributed by atoms with Crippen LogP contribution in [0, 0.1) is 0 Å². The molecule has 7 heteroatoms. The number of nitrogens with zero attached hydrogens (tertiary/aromatic N) is 2. The molecule has 0 aliphatic carbocycles. The minimum absolute atomic E-state index is 0.111. The topological polar surface area (TPSA) is 54.9 Å². The SMILES string of the molecule is CNC(=O)c1cnc(C=Cc2csc(-c3ccsc3)n2)s1. The summed E-state index contributed by atoms with van der Waals surface area (Å²) in [4.78, 5) is 20.8. The van der Waals surface area contributed by atoms with Crippen LogP contribution in [0.5, 0.6) is 0 Å². The van der Waals surface area contributed by atoms with E-state index in [9.17, 15) is 4.79 Å². The summed E-state index contributed by atoms with van der Waals surface area (Å²) < 4.78 is 0. The van der Waals surface area contributed by atoms with E-state index in [0.29, 0.717) is 4.88 Å². The molecule has 0 aliphatic heterocycles. The standard InChI is InChI=1S/C14H11N3OS3/c1-15-13(18)11-6-16-12(21-11)3-2-10-8-20-14(17-10)9-4-5-19-7-9/h2-8H,1H3,(H,15,18). The largest absolute Gasteiger partial charge is 0.354 e. The molecule has 0 spiro atoms. The molecular formula is C14H11N3OS3. The van der Waals surface area contributed by atoms with Crippen molar-refractivity contribution in [2.75, 3.05) is 7.05 Å². The number of rotatable bonds is 4. The van der Waals surface area contributed by atoms with E-state index in [1.165, 1.54) is 11.3 Å². The summed E-state index contributed by atoms with van der Waals surface area (Å²) in [5.41, 5.74) is 2.05. The van der Waals surface area contributed by atoms with Gasteiger partial charge in [0, 0.05) is 23.4 Å². The van der Waals surface area contributed by atoms with Crippen molar-refractivity contribution < 1.29 is 4.79 Å². The van der Waals surface area contributed by atoms with Crippen molar-refractivity contribution in [1.29, 1.82) is 0 Å². The van der Waals surface area contributed by atoms with E-state index in [4.69, 9.17) is 0 Å². The number of hydrogen-bond acceptors (Lipinski definition) is 6. The molecule has 3 aromatic heterocycles. The van der Waals surface area contributed by atoms with Crippen molar-refractivity contribution >= 4 is 52.1 Å². The first-order chi connectivity index (χ1) is 10.3. The molecule has 21 heavy (non-hydrogen) atoms. The molecule has 1 N–H and O–H groups in total. The molecule has 3 aromatic rings. The molecule has 0 aromatic carbocycles. The molecule has 0 saturated carbocycles. The van der Waals surface area contributed by atoms with Crippen molar-refractivity contribution in [1.82, 2.24) is 15.3 Å². The molecule has 3 rings (SSSR count). The quantitative estimate of drug-likeness (QED) is 0.789. The molecule has 0 unspecified atom stereocenters. The van der Waals surface area contributed by atoms with Crippen LogP contribution in [0.2, 0.25) is 0 Å². The lowest BCUT2D eigenvalue weighted by Crippen LogP contribution is -2.16. The maximum Gasteiger partial charge on any atom is 0.262 e. The molecule has 0 fully saturated rings. The van der Waals surface area contributed by atoms with Crippen LogP contribution >= 0.6 is 34.0 Å². The fraction of sp³-hybridized carbons (Fsp3) is 0.0714. The van der Waals surface area contributed by atoms with Gasteiger partial charge in [0.2, 0.25) is 0 Å². The summed E-state index contributed by atoms with van der Waals surface area (Å²) in [5.74, 6) is -0.111. The average Bonchev–Trinajstić information content (AvgIpc) is 3.23. The number of carbonyl (C=O) groups excluding carboxylic acids is 1. The van der Waals surface area contributed by atoms with Gasteiger partial charge in [-0.1, -0.05) is 0 Å². The number of amides is 1. The predicted molar refractivity (Wildman–Crippen MR) is 89.9 cm³/mol. The van der Waals surface area contributed by atoms with Gasteiger partial charge >= 0.3 is 0 Å². The Balaban J connectivity index is 1.74. The van der Waals surface area contributed by atoms with Crippen LogP contribution in [-0.2, 0) is 0 Å². The Hall–Kier alpha value is -1.83. The van der Waals surface area contributed by atoms with Gasteiger partial charge in [-0.05, 0) is 23.6 Å². The number of aromatic nitrogens is 2. The minimum atomic E-state index is -0.111. The molecule has 1 amide bonds. The van der Waals surface area contributed by atoms with Gasteiger partial charge in [0.05, 0.1) is 11.9 Å². The Kier molecular flexibility index (Phi) is 4.23. The normalized spacial score (nSPS) is 11.1. The van der Waals surface area contributed by atoms with Crippen molar-refractivity contribution in [3.05, 3.63) is 44.0 Å². The first kappa shape index (κ1) is 14.1. The van der Waals surface area contributed by atoms with E-state index in [1.54, 1.807) is 35.9 Å². The average molecular weight is 333 g/mol. The number of carbonyl (C=O) groups is 1. The molecule has 3 heterocycles. The Morgan fingerprint density at radius 3 is 3.00 bits per heavy atom. The maximum atomic E-state index is 11.5. The lowest BCUT2D eigenvalue weighted by molar-refractivity contribution is 0.0967. The van der Waals surface area contributed by atoms with E-state index >= 15 is 0 Å². The summed E-state index contributed by atoms with van der Waals surface area (Å²) >= 11 is 4.64. The molecule has 0 atom stereocenters. The zero-order valence-electron chi connectivity index (χ0n) is 11.1. The van der Waals surface area contributed by atoms with Crippen molar-refractivity contribution in [2.24, 2.45) is 0 Å². The van der Waals surface area contributed by atoms with Crippen LogP contribution in [0.25, 0.3) is 22.7 Å². The summed E-state index contributed by atoms with van der Waals surface area (Å²) in [7, 11) is 1.61. The summed E-state index contributed by atoms with van der Waals surface area (Å²) in [6.45, 7) is 0. The van der Waals surface area contributed by atoms with Crippen LogP contribution in [0.1, 0.15) is 20.4 Å². The van der Waals surface area contributed by atoms with E-state index < -0.39 is 0 Å². The molecule has 4 nitrogen and oxygen atoms in total. The van der Waals surface area contributed by atoms with Gasteiger partial charge in [0.1, 0.15) is 14.9 Å². The van der Waals surface area contributed by atoms with Crippen molar-refractivity contribution in [2.45, 2.75) is 0 Å². The lowest BCUT2D eigenvalue weighted by Gasteiger charge is -1.90. The smallest absolute Gasteiger partial charge is 0.262 e. The maximum absolute atomic E-state index is 11.5.